The van der Waals surface area contributed by atoms with Crippen LogP contribution in [0.15, 0.2) is 0 Å². The Morgan fingerprint density at radius 1 is 1.38 bits per heavy atom. The highest BCUT2D eigenvalue weighted by molar-refractivity contribution is 5.04. The molecule has 1 rings (SSSR count). The first-order valence-corrected chi connectivity index (χ1v) is 5.17. The molecule has 1 fully saturated rings. The third kappa shape index (κ3) is 2.44. The fourth-order valence-electron chi connectivity index (χ4n) is 2.51. The summed E-state index contributed by atoms with van der Waals surface area (Å²) in [6.07, 6.45) is 1.93. The minimum absolute atomic E-state index is 0.156. The van der Waals surface area contributed by atoms with Crippen LogP contribution in [-0.4, -0.2) is 24.9 Å². The first-order valence-electron chi connectivity index (χ1n) is 5.17. The predicted octanol–water partition coefficient (Wildman–Crippen LogP) is 2.07. The van der Waals surface area contributed by atoms with Crippen molar-refractivity contribution in [2.45, 2.75) is 39.7 Å². The number of methoxy groups -OCH3 is 1. The molecule has 0 saturated heterocycles. The summed E-state index contributed by atoms with van der Waals surface area (Å²) in [5.74, 6) is 1.45. The summed E-state index contributed by atoms with van der Waals surface area (Å²) < 4.78 is 5.08. The minimum Gasteiger partial charge on any atom is -0.393 e. The van der Waals surface area contributed by atoms with Gasteiger partial charge in [0.25, 0.3) is 0 Å². The van der Waals surface area contributed by atoms with Crippen LogP contribution in [0.5, 0.6) is 0 Å². The molecular formula is C11H22O2. The summed E-state index contributed by atoms with van der Waals surface area (Å²) in [6, 6.07) is 0. The second-order valence-electron chi connectivity index (χ2n) is 4.90. The number of aliphatic hydroxyl groups is 1. The first-order chi connectivity index (χ1) is 6.00. The average Bonchev–Trinajstić information content (AvgIpc) is 2.49. The molecule has 0 amide bonds. The molecule has 2 nitrogen and oxygen atoms in total. The molecule has 1 unspecified atom stereocenters. The molecule has 0 aromatic rings. The van der Waals surface area contributed by atoms with Gasteiger partial charge in [0.05, 0.1) is 6.10 Å². The average molecular weight is 186 g/mol. The van der Waals surface area contributed by atoms with E-state index in [-0.39, 0.29) is 6.10 Å². The van der Waals surface area contributed by atoms with Gasteiger partial charge in [0.2, 0.25) is 0 Å². The Morgan fingerprint density at radius 3 is 2.46 bits per heavy atom. The van der Waals surface area contributed by atoms with Crippen LogP contribution >= 0.6 is 0 Å². The maximum Gasteiger partial charge on any atom is 0.0515 e. The summed E-state index contributed by atoms with van der Waals surface area (Å²) in [5, 5.41) is 9.31. The molecule has 0 aromatic carbocycles. The van der Waals surface area contributed by atoms with Crippen molar-refractivity contribution >= 4 is 0 Å². The fraction of sp³-hybridized carbons (Fsp3) is 1.00. The van der Waals surface area contributed by atoms with Gasteiger partial charge in [-0.3, -0.25) is 0 Å². The number of aliphatic hydroxyl groups excluding tert-OH is 1. The Morgan fingerprint density at radius 2 is 2.00 bits per heavy atom. The maximum absolute atomic E-state index is 9.31. The highest BCUT2D eigenvalue weighted by Gasteiger charge is 2.56. The van der Waals surface area contributed by atoms with E-state index in [0.717, 1.165) is 25.4 Å². The first kappa shape index (κ1) is 11.0. The lowest BCUT2D eigenvalue weighted by molar-refractivity contribution is 0.166. The number of ether oxygens (including phenoxy) is 1. The van der Waals surface area contributed by atoms with Gasteiger partial charge in [0.1, 0.15) is 0 Å². The summed E-state index contributed by atoms with van der Waals surface area (Å²) in [5.41, 5.74) is 0.426. The van der Waals surface area contributed by atoms with E-state index >= 15 is 0 Å². The fourth-order valence-corrected chi connectivity index (χ4v) is 2.51. The molecule has 1 saturated carbocycles. The normalized spacial score (nSPS) is 33.0. The summed E-state index contributed by atoms with van der Waals surface area (Å²) in [7, 11) is 1.75. The van der Waals surface area contributed by atoms with Crippen LogP contribution in [0.25, 0.3) is 0 Å². The Kier molecular flexibility index (Phi) is 3.36. The van der Waals surface area contributed by atoms with Crippen molar-refractivity contribution < 1.29 is 9.84 Å². The Bertz CT molecular complexity index is 163. The summed E-state index contributed by atoms with van der Waals surface area (Å²) in [6.45, 7) is 7.31. The van der Waals surface area contributed by atoms with E-state index in [1.165, 1.54) is 0 Å². The van der Waals surface area contributed by atoms with Crippen molar-refractivity contribution in [2.24, 2.45) is 17.3 Å². The predicted molar refractivity (Wildman–Crippen MR) is 53.6 cm³/mol. The van der Waals surface area contributed by atoms with E-state index in [4.69, 9.17) is 4.74 Å². The van der Waals surface area contributed by atoms with E-state index in [9.17, 15) is 5.11 Å². The molecule has 1 aliphatic rings. The Balaban J connectivity index is 2.32. The van der Waals surface area contributed by atoms with E-state index in [0.29, 0.717) is 11.3 Å². The van der Waals surface area contributed by atoms with E-state index in [1.807, 2.05) is 6.92 Å². The van der Waals surface area contributed by atoms with Gasteiger partial charge in [-0.1, -0.05) is 13.8 Å². The highest BCUT2D eigenvalue weighted by Crippen LogP contribution is 2.61. The quantitative estimate of drug-likeness (QED) is 0.712. The molecule has 0 bridgehead atoms. The van der Waals surface area contributed by atoms with Crippen LogP contribution in [0.2, 0.25) is 0 Å². The van der Waals surface area contributed by atoms with E-state index in [1.54, 1.807) is 7.11 Å². The lowest BCUT2D eigenvalue weighted by Crippen LogP contribution is -2.03. The topological polar surface area (TPSA) is 29.5 Å². The zero-order valence-electron chi connectivity index (χ0n) is 9.21. The third-order valence-corrected chi connectivity index (χ3v) is 3.52. The van der Waals surface area contributed by atoms with Gasteiger partial charge in [-0.15, -0.1) is 0 Å². The van der Waals surface area contributed by atoms with Crippen molar-refractivity contribution in [1.29, 1.82) is 0 Å². The van der Waals surface area contributed by atoms with Gasteiger partial charge in [-0.2, -0.15) is 0 Å². The molecule has 0 heterocycles. The van der Waals surface area contributed by atoms with Crippen molar-refractivity contribution in [1.82, 2.24) is 0 Å². The lowest BCUT2D eigenvalue weighted by Gasteiger charge is -2.04. The zero-order chi connectivity index (χ0) is 10.1. The maximum atomic E-state index is 9.31. The molecular weight excluding hydrogens is 164 g/mol. The molecule has 0 aliphatic heterocycles. The van der Waals surface area contributed by atoms with Crippen molar-refractivity contribution in [3.05, 3.63) is 0 Å². The van der Waals surface area contributed by atoms with Crippen molar-refractivity contribution in [2.75, 3.05) is 13.7 Å². The zero-order valence-corrected chi connectivity index (χ0v) is 9.21. The van der Waals surface area contributed by atoms with Crippen LogP contribution < -0.4 is 0 Å². The van der Waals surface area contributed by atoms with Crippen LogP contribution in [0.3, 0.4) is 0 Å². The van der Waals surface area contributed by atoms with Crippen LogP contribution in [0, 0.1) is 17.3 Å². The highest BCUT2D eigenvalue weighted by atomic mass is 16.5. The molecule has 1 N–H and O–H groups in total. The SMILES string of the molecule is COCC[C@@H]1[C@H](CC(C)O)C1(C)C. The van der Waals surface area contributed by atoms with E-state index in [2.05, 4.69) is 13.8 Å². The number of hydrogen-bond donors (Lipinski definition) is 1. The molecule has 3 atom stereocenters. The van der Waals surface area contributed by atoms with Gasteiger partial charge in [0.15, 0.2) is 0 Å². The summed E-state index contributed by atoms with van der Waals surface area (Å²) in [4.78, 5) is 0. The summed E-state index contributed by atoms with van der Waals surface area (Å²) >= 11 is 0. The van der Waals surface area contributed by atoms with E-state index < -0.39 is 0 Å². The molecule has 1 aliphatic carbocycles. The molecule has 0 aromatic heterocycles. The second-order valence-corrected chi connectivity index (χ2v) is 4.90. The third-order valence-electron chi connectivity index (χ3n) is 3.52. The van der Waals surface area contributed by atoms with Gasteiger partial charge < -0.3 is 9.84 Å². The minimum atomic E-state index is -0.156. The van der Waals surface area contributed by atoms with Crippen LogP contribution in [0.4, 0.5) is 0 Å². The van der Waals surface area contributed by atoms with Crippen LogP contribution in [0.1, 0.15) is 33.6 Å². The molecule has 0 radical (unpaired) electrons. The van der Waals surface area contributed by atoms with Gasteiger partial charge in [0, 0.05) is 13.7 Å². The van der Waals surface area contributed by atoms with Gasteiger partial charge in [-0.05, 0) is 37.0 Å². The van der Waals surface area contributed by atoms with Crippen LogP contribution in [-0.2, 0) is 4.74 Å². The Hall–Kier alpha value is -0.0800. The van der Waals surface area contributed by atoms with Crippen molar-refractivity contribution in [3.8, 4) is 0 Å². The molecule has 13 heavy (non-hydrogen) atoms. The standard InChI is InChI=1S/C11H22O2/c1-8(12)7-10-9(5-6-13-4)11(10,2)3/h8-10,12H,5-7H2,1-4H3/t8?,9-,10+/m1/s1. The molecule has 0 spiro atoms. The molecule has 2 heteroatoms. The molecule has 78 valence electrons. The number of rotatable bonds is 5. The largest absolute Gasteiger partial charge is 0.393 e. The monoisotopic (exact) mass is 186 g/mol. The second kappa shape index (κ2) is 3.97. The van der Waals surface area contributed by atoms with Gasteiger partial charge in [-0.25, -0.2) is 0 Å². The number of hydrogen-bond acceptors (Lipinski definition) is 2. The van der Waals surface area contributed by atoms with Gasteiger partial charge >= 0.3 is 0 Å². The lowest BCUT2D eigenvalue weighted by atomic mass is 10.1. The smallest absolute Gasteiger partial charge is 0.0515 e. The Labute approximate surface area is 81.3 Å². The van der Waals surface area contributed by atoms with Crippen molar-refractivity contribution in [3.63, 3.8) is 0 Å².